The Morgan fingerprint density at radius 2 is 1.82 bits per heavy atom. The minimum Gasteiger partial charge on any atom is -0.497 e. The van der Waals surface area contributed by atoms with E-state index in [0.29, 0.717) is 5.75 Å². The van der Waals surface area contributed by atoms with Crippen LogP contribution in [0, 0.1) is 0 Å². The van der Waals surface area contributed by atoms with Gasteiger partial charge in [0.2, 0.25) is 5.91 Å². The molecule has 0 spiro atoms. The van der Waals surface area contributed by atoms with Gasteiger partial charge in [-0.2, -0.15) is 0 Å². The van der Waals surface area contributed by atoms with E-state index < -0.39 is 0 Å². The van der Waals surface area contributed by atoms with E-state index >= 15 is 0 Å². The number of amides is 1. The van der Waals surface area contributed by atoms with Crippen molar-refractivity contribution in [2.24, 2.45) is 0 Å². The molecule has 0 radical (unpaired) electrons. The maximum Gasteiger partial charge on any atom is 0.230 e. The number of hydrogen-bond donors (Lipinski definition) is 1. The van der Waals surface area contributed by atoms with Gasteiger partial charge in [-0.3, -0.25) is 4.79 Å². The standard InChI is InChI=1S/C18H21NO2S/c1-21-16-9-11-17(12-10-16)22-14-18(20)19-13-5-8-15-6-3-2-4-7-15/h2-4,6-7,9-12H,5,8,13-14H2,1H3,(H,19,20). The molecule has 2 aromatic carbocycles. The number of methoxy groups -OCH3 is 1. The van der Waals surface area contributed by atoms with Gasteiger partial charge in [-0.1, -0.05) is 30.3 Å². The Morgan fingerprint density at radius 1 is 1.09 bits per heavy atom. The Labute approximate surface area is 136 Å². The van der Waals surface area contributed by atoms with Crippen LogP contribution in [0.15, 0.2) is 59.5 Å². The van der Waals surface area contributed by atoms with Crippen molar-refractivity contribution < 1.29 is 9.53 Å². The molecular weight excluding hydrogens is 294 g/mol. The molecular formula is C18H21NO2S. The summed E-state index contributed by atoms with van der Waals surface area (Å²) in [6.45, 7) is 0.719. The molecule has 0 fully saturated rings. The largest absolute Gasteiger partial charge is 0.497 e. The molecule has 0 unspecified atom stereocenters. The first-order chi connectivity index (χ1) is 10.8. The third-order valence-corrected chi connectivity index (χ3v) is 4.25. The van der Waals surface area contributed by atoms with Crippen molar-refractivity contribution in [3.05, 3.63) is 60.2 Å². The van der Waals surface area contributed by atoms with Gasteiger partial charge in [0, 0.05) is 11.4 Å². The minimum absolute atomic E-state index is 0.0777. The highest BCUT2D eigenvalue weighted by Gasteiger charge is 2.03. The number of rotatable bonds is 8. The zero-order chi connectivity index (χ0) is 15.6. The third-order valence-electron chi connectivity index (χ3n) is 3.24. The summed E-state index contributed by atoms with van der Waals surface area (Å²) in [5.74, 6) is 1.35. The zero-order valence-corrected chi connectivity index (χ0v) is 13.6. The van der Waals surface area contributed by atoms with E-state index in [1.807, 2.05) is 42.5 Å². The van der Waals surface area contributed by atoms with Crippen LogP contribution in [0.25, 0.3) is 0 Å². The van der Waals surface area contributed by atoms with Gasteiger partial charge in [0.05, 0.1) is 12.9 Å². The average molecular weight is 315 g/mol. The number of aryl methyl sites for hydroxylation is 1. The topological polar surface area (TPSA) is 38.3 Å². The Kier molecular flexibility index (Phi) is 6.84. The number of carbonyl (C=O) groups excluding carboxylic acids is 1. The van der Waals surface area contributed by atoms with E-state index in [9.17, 15) is 4.79 Å². The van der Waals surface area contributed by atoms with Crippen LogP contribution >= 0.6 is 11.8 Å². The van der Waals surface area contributed by atoms with E-state index in [2.05, 4.69) is 17.4 Å². The molecule has 4 heteroatoms. The maximum absolute atomic E-state index is 11.8. The van der Waals surface area contributed by atoms with Gasteiger partial charge < -0.3 is 10.1 Å². The van der Waals surface area contributed by atoms with Crippen LogP contribution in [0.2, 0.25) is 0 Å². The summed E-state index contributed by atoms with van der Waals surface area (Å²) < 4.78 is 5.11. The number of nitrogens with one attached hydrogen (secondary N) is 1. The number of ether oxygens (including phenoxy) is 1. The molecule has 0 saturated carbocycles. The average Bonchev–Trinajstić information content (AvgIpc) is 2.58. The van der Waals surface area contributed by atoms with Crippen molar-refractivity contribution in [1.82, 2.24) is 5.32 Å². The fourth-order valence-corrected chi connectivity index (χ4v) is 2.77. The van der Waals surface area contributed by atoms with Crippen LogP contribution in [0.4, 0.5) is 0 Å². The first-order valence-electron chi connectivity index (χ1n) is 7.35. The molecule has 0 bridgehead atoms. The van der Waals surface area contributed by atoms with Gasteiger partial charge in [-0.25, -0.2) is 0 Å². The van der Waals surface area contributed by atoms with Gasteiger partial charge in [-0.05, 0) is 42.7 Å². The Hall–Kier alpha value is -1.94. The molecule has 0 heterocycles. The molecule has 3 nitrogen and oxygen atoms in total. The van der Waals surface area contributed by atoms with Crippen molar-refractivity contribution in [3.8, 4) is 5.75 Å². The molecule has 0 aliphatic rings. The molecule has 0 aliphatic heterocycles. The maximum atomic E-state index is 11.8. The zero-order valence-electron chi connectivity index (χ0n) is 12.7. The van der Waals surface area contributed by atoms with Gasteiger partial charge in [0.15, 0.2) is 0 Å². The van der Waals surface area contributed by atoms with E-state index in [-0.39, 0.29) is 5.91 Å². The molecule has 2 rings (SSSR count). The summed E-state index contributed by atoms with van der Waals surface area (Å²) in [6, 6.07) is 18.1. The monoisotopic (exact) mass is 315 g/mol. The van der Waals surface area contributed by atoms with Crippen LogP contribution in [-0.4, -0.2) is 25.3 Å². The molecule has 22 heavy (non-hydrogen) atoms. The highest BCUT2D eigenvalue weighted by Crippen LogP contribution is 2.20. The lowest BCUT2D eigenvalue weighted by atomic mass is 10.1. The van der Waals surface area contributed by atoms with E-state index in [0.717, 1.165) is 30.0 Å². The number of carbonyl (C=O) groups is 1. The van der Waals surface area contributed by atoms with Crippen molar-refractivity contribution >= 4 is 17.7 Å². The van der Waals surface area contributed by atoms with Gasteiger partial charge >= 0.3 is 0 Å². The van der Waals surface area contributed by atoms with E-state index in [1.165, 1.54) is 17.3 Å². The molecule has 116 valence electrons. The predicted octanol–water partition coefficient (Wildman–Crippen LogP) is 3.54. The second-order valence-electron chi connectivity index (χ2n) is 4.90. The van der Waals surface area contributed by atoms with Crippen LogP contribution < -0.4 is 10.1 Å². The third kappa shape index (κ3) is 5.82. The lowest BCUT2D eigenvalue weighted by Crippen LogP contribution is -2.26. The SMILES string of the molecule is COc1ccc(SCC(=O)NCCCc2ccccc2)cc1. The van der Waals surface area contributed by atoms with Gasteiger partial charge in [0.25, 0.3) is 0 Å². The van der Waals surface area contributed by atoms with Crippen molar-refractivity contribution in [2.45, 2.75) is 17.7 Å². The molecule has 2 aromatic rings. The first-order valence-corrected chi connectivity index (χ1v) is 8.34. The Morgan fingerprint density at radius 3 is 2.50 bits per heavy atom. The molecule has 0 saturated heterocycles. The van der Waals surface area contributed by atoms with Crippen LogP contribution in [0.3, 0.4) is 0 Å². The number of thioether (sulfide) groups is 1. The number of hydrogen-bond acceptors (Lipinski definition) is 3. The quantitative estimate of drug-likeness (QED) is 0.598. The lowest BCUT2D eigenvalue weighted by Gasteiger charge is -2.06. The van der Waals surface area contributed by atoms with Crippen LogP contribution in [0.5, 0.6) is 5.75 Å². The van der Waals surface area contributed by atoms with E-state index in [4.69, 9.17) is 4.74 Å². The summed E-state index contributed by atoms with van der Waals surface area (Å²) in [4.78, 5) is 12.9. The summed E-state index contributed by atoms with van der Waals surface area (Å²) >= 11 is 1.53. The highest BCUT2D eigenvalue weighted by atomic mass is 32.2. The highest BCUT2D eigenvalue weighted by molar-refractivity contribution is 8.00. The smallest absolute Gasteiger partial charge is 0.230 e. The van der Waals surface area contributed by atoms with E-state index in [1.54, 1.807) is 7.11 Å². The van der Waals surface area contributed by atoms with Crippen molar-refractivity contribution in [1.29, 1.82) is 0 Å². The lowest BCUT2D eigenvalue weighted by molar-refractivity contribution is -0.118. The van der Waals surface area contributed by atoms with Gasteiger partial charge in [0.1, 0.15) is 5.75 Å². The van der Waals surface area contributed by atoms with Crippen LogP contribution in [-0.2, 0) is 11.2 Å². The summed E-state index contributed by atoms with van der Waals surface area (Å²) in [5, 5.41) is 2.96. The van der Waals surface area contributed by atoms with Crippen molar-refractivity contribution in [2.75, 3.05) is 19.4 Å². The first kappa shape index (κ1) is 16.4. The summed E-state index contributed by atoms with van der Waals surface area (Å²) in [6.07, 6.45) is 1.95. The van der Waals surface area contributed by atoms with Crippen molar-refractivity contribution in [3.63, 3.8) is 0 Å². The second-order valence-corrected chi connectivity index (χ2v) is 5.95. The molecule has 1 amide bonds. The normalized spacial score (nSPS) is 10.2. The summed E-state index contributed by atoms with van der Waals surface area (Å²) in [7, 11) is 1.64. The fourth-order valence-electron chi connectivity index (χ4n) is 2.04. The predicted molar refractivity (Wildman–Crippen MR) is 91.5 cm³/mol. The van der Waals surface area contributed by atoms with Gasteiger partial charge in [-0.15, -0.1) is 11.8 Å². The van der Waals surface area contributed by atoms with Crippen LogP contribution in [0.1, 0.15) is 12.0 Å². The summed E-state index contributed by atoms with van der Waals surface area (Å²) in [5.41, 5.74) is 1.31. The molecule has 0 aliphatic carbocycles. The Bertz CT molecular complexity index is 569. The Balaban J connectivity index is 1.61. The molecule has 1 N–H and O–H groups in total. The second kappa shape index (κ2) is 9.15. The number of benzene rings is 2. The molecule has 0 aromatic heterocycles. The molecule has 0 atom stereocenters. The minimum atomic E-state index is 0.0777. The fraction of sp³-hybridized carbons (Fsp3) is 0.278.